The second-order valence-corrected chi connectivity index (χ2v) is 7.83. The average molecular weight is 369 g/mol. The fourth-order valence-electron chi connectivity index (χ4n) is 3.50. The summed E-state index contributed by atoms with van der Waals surface area (Å²) in [6.45, 7) is 5.92. The smallest absolute Gasteiger partial charge is 0.137 e. The lowest BCUT2D eigenvalue weighted by Gasteiger charge is -2.44. The van der Waals surface area contributed by atoms with Crippen LogP contribution in [0.2, 0.25) is 10.0 Å². The van der Waals surface area contributed by atoms with Gasteiger partial charge in [0.25, 0.3) is 0 Å². The molecule has 1 aliphatic heterocycles. The number of hydrogen-bond donors (Lipinski definition) is 3. The van der Waals surface area contributed by atoms with Crippen molar-refractivity contribution >= 4 is 23.2 Å². The van der Waals surface area contributed by atoms with Crippen LogP contribution in [-0.2, 0) is 11.0 Å². The van der Waals surface area contributed by atoms with Crippen LogP contribution in [0, 0.1) is 0 Å². The van der Waals surface area contributed by atoms with E-state index in [9.17, 15) is 15.3 Å². The fraction of sp³-hybridized carbons (Fsp3) is 0.333. The molecule has 0 bridgehead atoms. The van der Waals surface area contributed by atoms with Crippen LogP contribution in [0.3, 0.4) is 0 Å². The number of phenolic OH excluding ortho intramolecular Hbond substituents is 3. The van der Waals surface area contributed by atoms with Gasteiger partial charge in [-0.25, -0.2) is 0 Å². The third kappa shape index (κ3) is 2.64. The first kappa shape index (κ1) is 17.1. The zero-order chi connectivity index (χ0) is 17.9. The first-order chi connectivity index (χ1) is 11.0. The first-order valence-corrected chi connectivity index (χ1v) is 8.23. The molecule has 2 aromatic carbocycles. The molecule has 6 heteroatoms. The Balaban J connectivity index is 2.17. The Morgan fingerprint density at radius 1 is 0.833 bits per heavy atom. The van der Waals surface area contributed by atoms with E-state index in [1.54, 1.807) is 6.07 Å². The predicted octanol–water partition coefficient (Wildman–Crippen LogP) is 5.09. The second-order valence-electron chi connectivity index (χ2n) is 7.01. The Kier molecular flexibility index (Phi) is 3.81. The Labute approximate surface area is 150 Å². The van der Waals surface area contributed by atoms with Gasteiger partial charge in [0.05, 0.1) is 10.0 Å². The van der Waals surface area contributed by atoms with Gasteiger partial charge in [-0.1, -0.05) is 37.0 Å². The molecular weight excluding hydrogens is 351 g/mol. The van der Waals surface area contributed by atoms with Gasteiger partial charge >= 0.3 is 0 Å². The average Bonchev–Trinajstić information content (AvgIpc) is 2.44. The predicted molar refractivity (Wildman–Crippen MR) is 93.5 cm³/mol. The third-order valence-corrected chi connectivity index (χ3v) is 5.13. The van der Waals surface area contributed by atoms with E-state index in [0.29, 0.717) is 17.7 Å². The minimum atomic E-state index is -0.891. The summed E-state index contributed by atoms with van der Waals surface area (Å²) < 4.78 is 6.13. The van der Waals surface area contributed by atoms with Gasteiger partial charge in [-0.15, -0.1) is 0 Å². The van der Waals surface area contributed by atoms with E-state index < -0.39 is 5.60 Å². The molecule has 0 fully saturated rings. The molecule has 1 atom stereocenters. The van der Waals surface area contributed by atoms with Gasteiger partial charge in [-0.3, -0.25) is 0 Å². The monoisotopic (exact) mass is 368 g/mol. The van der Waals surface area contributed by atoms with E-state index in [-0.39, 0.29) is 32.7 Å². The maximum Gasteiger partial charge on any atom is 0.137 e. The minimum absolute atomic E-state index is 0.0663. The number of aromatic hydroxyl groups is 3. The highest BCUT2D eigenvalue weighted by molar-refractivity contribution is 6.32. The Morgan fingerprint density at radius 3 is 2.00 bits per heavy atom. The lowest BCUT2D eigenvalue weighted by molar-refractivity contribution is 0.0302. The van der Waals surface area contributed by atoms with Crippen molar-refractivity contribution in [3.8, 4) is 23.0 Å². The zero-order valence-electron chi connectivity index (χ0n) is 13.5. The van der Waals surface area contributed by atoms with E-state index >= 15 is 0 Å². The number of phenols is 3. The summed E-state index contributed by atoms with van der Waals surface area (Å²) in [4.78, 5) is 0. The van der Waals surface area contributed by atoms with Crippen LogP contribution in [-0.4, -0.2) is 15.3 Å². The first-order valence-electron chi connectivity index (χ1n) is 7.47. The van der Waals surface area contributed by atoms with Crippen LogP contribution in [0.1, 0.15) is 38.3 Å². The van der Waals surface area contributed by atoms with Gasteiger partial charge in [0, 0.05) is 29.7 Å². The quantitative estimate of drug-likeness (QED) is 0.655. The standard InChI is InChI=1S/C18H18Cl2O4/c1-17(2)8-18(3,9-4-11(19)14(22)6-13(9)21)24-16-7-15(23)12(20)5-10(16)17/h4-7,21-23H,8H2,1-3H3/t18-/m1/s1. The highest BCUT2D eigenvalue weighted by Gasteiger charge is 2.45. The Bertz CT molecular complexity index is 832. The van der Waals surface area contributed by atoms with E-state index in [1.165, 1.54) is 18.2 Å². The van der Waals surface area contributed by atoms with E-state index in [0.717, 1.165) is 5.56 Å². The molecule has 2 aromatic rings. The minimum Gasteiger partial charge on any atom is -0.507 e. The molecule has 0 aromatic heterocycles. The van der Waals surface area contributed by atoms with Crippen LogP contribution in [0.15, 0.2) is 24.3 Å². The summed E-state index contributed by atoms with van der Waals surface area (Å²) in [5, 5.41) is 30.2. The van der Waals surface area contributed by atoms with Crippen molar-refractivity contribution in [3.05, 3.63) is 45.4 Å². The molecule has 0 aliphatic carbocycles. The number of fused-ring (bicyclic) bond motifs is 1. The van der Waals surface area contributed by atoms with Gasteiger partial charge in [-0.05, 0) is 24.5 Å². The molecule has 3 N–H and O–H groups in total. The van der Waals surface area contributed by atoms with E-state index in [4.69, 9.17) is 27.9 Å². The third-order valence-electron chi connectivity index (χ3n) is 4.53. The second kappa shape index (κ2) is 5.36. The lowest BCUT2D eigenvalue weighted by Crippen LogP contribution is -2.41. The van der Waals surface area contributed by atoms with E-state index in [2.05, 4.69) is 0 Å². The van der Waals surface area contributed by atoms with Gasteiger partial charge in [0.15, 0.2) is 0 Å². The number of benzene rings is 2. The topological polar surface area (TPSA) is 69.9 Å². The van der Waals surface area contributed by atoms with Crippen molar-refractivity contribution in [2.24, 2.45) is 0 Å². The molecule has 128 valence electrons. The van der Waals surface area contributed by atoms with Crippen LogP contribution >= 0.6 is 23.2 Å². The van der Waals surface area contributed by atoms with Crippen molar-refractivity contribution in [1.29, 1.82) is 0 Å². The normalized spacial score (nSPS) is 21.9. The van der Waals surface area contributed by atoms with Crippen molar-refractivity contribution in [2.75, 3.05) is 0 Å². The van der Waals surface area contributed by atoms with E-state index in [1.807, 2.05) is 20.8 Å². The molecule has 0 saturated heterocycles. The molecular formula is C18H18Cl2O4. The summed E-state index contributed by atoms with van der Waals surface area (Å²) in [6.07, 6.45) is 0.544. The molecule has 4 nitrogen and oxygen atoms in total. The number of hydrogen-bond acceptors (Lipinski definition) is 4. The number of halogens is 2. The summed E-state index contributed by atoms with van der Waals surface area (Å²) in [5.74, 6) is 0.140. The zero-order valence-corrected chi connectivity index (χ0v) is 15.0. The Hall–Kier alpha value is -1.78. The summed E-state index contributed by atoms with van der Waals surface area (Å²) in [6, 6.07) is 5.89. The highest BCUT2D eigenvalue weighted by atomic mass is 35.5. The molecule has 0 saturated carbocycles. The van der Waals surface area contributed by atoms with Crippen LogP contribution in [0.4, 0.5) is 0 Å². The fourth-order valence-corrected chi connectivity index (χ4v) is 3.83. The Morgan fingerprint density at radius 2 is 1.38 bits per heavy atom. The lowest BCUT2D eigenvalue weighted by atomic mass is 9.71. The van der Waals surface area contributed by atoms with Crippen LogP contribution in [0.5, 0.6) is 23.0 Å². The maximum absolute atomic E-state index is 10.3. The highest BCUT2D eigenvalue weighted by Crippen LogP contribution is 2.52. The van der Waals surface area contributed by atoms with Crippen molar-refractivity contribution < 1.29 is 20.1 Å². The molecule has 3 rings (SSSR count). The maximum atomic E-state index is 10.3. The molecule has 0 spiro atoms. The SMILES string of the molecule is CC1(C)C[C@](C)(c2cc(Cl)c(O)cc2O)Oc2cc(O)c(Cl)cc21. The summed E-state index contributed by atoms with van der Waals surface area (Å²) in [5.41, 5.74) is 0.139. The van der Waals surface area contributed by atoms with Crippen molar-refractivity contribution in [1.82, 2.24) is 0 Å². The van der Waals surface area contributed by atoms with Gasteiger partial charge in [0.2, 0.25) is 0 Å². The molecule has 1 aliphatic rings. The summed E-state index contributed by atoms with van der Waals surface area (Å²) >= 11 is 12.0. The number of rotatable bonds is 1. The van der Waals surface area contributed by atoms with Crippen LogP contribution in [0.25, 0.3) is 0 Å². The largest absolute Gasteiger partial charge is 0.507 e. The molecule has 0 radical (unpaired) electrons. The molecule has 1 heterocycles. The number of ether oxygens (including phenoxy) is 1. The van der Waals surface area contributed by atoms with Crippen molar-refractivity contribution in [2.45, 2.75) is 38.2 Å². The molecule has 24 heavy (non-hydrogen) atoms. The molecule has 0 unspecified atom stereocenters. The van der Waals surface area contributed by atoms with Crippen molar-refractivity contribution in [3.63, 3.8) is 0 Å². The summed E-state index contributed by atoms with van der Waals surface area (Å²) in [7, 11) is 0. The van der Waals surface area contributed by atoms with Gasteiger partial charge in [-0.2, -0.15) is 0 Å². The van der Waals surface area contributed by atoms with Gasteiger partial charge in [0.1, 0.15) is 28.6 Å². The van der Waals surface area contributed by atoms with Gasteiger partial charge < -0.3 is 20.1 Å². The van der Waals surface area contributed by atoms with Crippen LogP contribution < -0.4 is 4.74 Å². The molecule has 0 amide bonds.